The van der Waals surface area contributed by atoms with Crippen LogP contribution in [0.4, 0.5) is 14.5 Å². The highest BCUT2D eigenvalue weighted by Gasteiger charge is 2.40. The van der Waals surface area contributed by atoms with E-state index in [9.17, 15) is 14.0 Å². The van der Waals surface area contributed by atoms with Gasteiger partial charge in [-0.05, 0) is 42.3 Å². The molecular formula is C31H27ClF2N4O3. The van der Waals surface area contributed by atoms with Crippen LogP contribution in [0, 0.1) is 12.7 Å². The first-order valence-electron chi connectivity index (χ1n) is 13.0. The number of aromatic nitrogens is 2. The van der Waals surface area contributed by atoms with E-state index >= 15 is 4.39 Å². The lowest BCUT2D eigenvalue weighted by atomic mass is 10.0. The van der Waals surface area contributed by atoms with E-state index in [4.69, 9.17) is 16.3 Å². The second-order valence-corrected chi connectivity index (χ2v) is 10.2. The minimum absolute atomic E-state index is 0.0834. The van der Waals surface area contributed by atoms with Crippen molar-refractivity contribution in [3.8, 4) is 28.0 Å². The summed E-state index contributed by atoms with van der Waals surface area (Å²) in [6.07, 6.45) is 1.69. The van der Waals surface area contributed by atoms with E-state index in [0.29, 0.717) is 27.7 Å². The molecule has 0 saturated carbocycles. The number of likely N-dealkylation sites (tertiary alicyclic amines) is 1. The predicted molar refractivity (Wildman–Crippen MR) is 153 cm³/mol. The molecule has 2 amide bonds. The molecule has 1 fully saturated rings. The lowest BCUT2D eigenvalue weighted by molar-refractivity contribution is -0.136. The van der Waals surface area contributed by atoms with Crippen LogP contribution >= 0.6 is 11.6 Å². The van der Waals surface area contributed by atoms with Gasteiger partial charge in [-0.2, -0.15) is 0 Å². The molecule has 10 heteroatoms. The molecule has 0 unspecified atom stereocenters. The SMILES string of the molecule is COc1cc(CC(=O)N2C[C@H](F)C[C@H]2C(=O)Nc2cccc(-c3ccccc3Cl)c2F)cc(-c2cnc(C)nc2)c1. The summed E-state index contributed by atoms with van der Waals surface area (Å²) >= 11 is 6.24. The van der Waals surface area contributed by atoms with Crippen LogP contribution in [0.25, 0.3) is 22.3 Å². The van der Waals surface area contributed by atoms with Gasteiger partial charge in [0.1, 0.15) is 23.8 Å². The van der Waals surface area contributed by atoms with Crippen molar-refractivity contribution < 1.29 is 23.1 Å². The van der Waals surface area contributed by atoms with Gasteiger partial charge in [-0.15, -0.1) is 0 Å². The van der Waals surface area contributed by atoms with Crippen LogP contribution in [0.3, 0.4) is 0 Å². The van der Waals surface area contributed by atoms with E-state index in [1.807, 2.05) is 6.07 Å². The monoisotopic (exact) mass is 576 g/mol. The Labute approximate surface area is 241 Å². The zero-order valence-corrected chi connectivity index (χ0v) is 23.2. The molecule has 0 spiro atoms. The Morgan fingerprint density at radius 2 is 1.78 bits per heavy atom. The third kappa shape index (κ3) is 6.20. The van der Waals surface area contributed by atoms with Crippen LogP contribution in [-0.4, -0.2) is 52.6 Å². The van der Waals surface area contributed by atoms with E-state index in [-0.39, 0.29) is 30.6 Å². The van der Waals surface area contributed by atoms with Crippen molar-refractivity contribution in [1.82, 2.24) is 14.9 Å². The smallest absolute Gasteiger partial charge is 0.247 e. The van der Waals surface area contributed by atoms with E-state index in [0.717, 1.165) is 11.1 Å². The molecule has 3 aromatic carbocycles. The predicted octanol–water partition coefficient (Wildman–Crippen LogP) is 6.04. The van der Waals surface area contributed by atoms with Gasteiger partial charge >= 0.3 is 0 Å². The number of benzene rings is 3. The molecule has 41 heavy (non-hydrogen) atoms. The highest BCUT2D eigenvalue weighted by atomic mass is 35.5. The number of amides is 2. The fraction of sp³-hybridized carbons (Fsp3) is 0.226. The minimum Gasteiger partial charge on any atom is -0.497 e. The van der Waals surface area contributed by atoms with E-state index in [1.165, 1.54) is 18.1 Å². The van der Waals surface area contributed by atoms with E-state index in [1.54, 1.807) is 67.8 Å². The number of hydrogen-bond donors (Lipinski definition) is 1. The molecule has 1 saturated heterocycles. The lowest BCUT2D eigenvalue weighted by Crippen LogP contribution is -2.44. The Morgan fingerprint density at radius 1 is 1.05 bits per heavy atom. The molecule has 4 aromatic rings. The number of carbonyl (C=O) groups excluding carboxylic acids is 2. The number of rotatable bonds is 7. The summed E-state index contributed by atoms with van der Waals surface area (Å²) in [4.78, 5) is 36.3. The van der Waals surface area contributed by atoms with Gasteiger partial charge in [0.25, 0.3) is 0 Å². The molecule has 1 aliphatic heterocycles. The Kier molecular flexibility index (Phi) is 8.26. The molecule has 2 heterocycles. The number of halogens is 3. The minimum atomic E-state index is -1.39. The van der Waals surface area contributed by atoms with Gasteiger partial charge in [-0.3, -0.25) is 9.59 Å². The average molecular weight is 577 g/mol. The molecule has 0 bridgehead atoms. The normalized spacial score (nSPS) is 16.5. The van der Waals surface area contributed by atoms with Gasteiger partial charge in [0, 0.05) is 40.5 Å². The van der Waals surface area contributed by atoms with Crippen molar-refractivity contribution in [2.75, 3.05) is 19.0 Å². The van der Waals surface area contributed by atoms with Crippen molar-refractivity contribution in [2.45, 2.75) is 32.0 Å². The first-order valence-corrected chi connectivity index (χ1v) is 13.4. The summed E-state index contributed by atoms with van der Waals surface area (Å²) in [5.74, 6) is -0.627. The highest BCUT2D eigenvalue weighted by Crippen LogP contribution is 2.33. The maximum Gasteiger partial charge on any atom is 0.247 e. The molecular weight excluding hydrogens is 550 g/mol. The van der Waals surface area contributed by atoms with Crippen LogP contribution < -0.4 is 10.1 Å². The van der Waals surface area contributed by atoms with E-state index < -0.39 is 29.8 Å². The highest BCUT2D eigenvalue weighted by molar-refractivity contribution is 6.33. The van der Waals surface area contributed by atoms with Crippen molar-refractivity contribution in [3.63, 3.8) is 0 Å². The lowest BCUT2D eigenvalue weighted by Gasteiger charge is -2.24. The van der Waals surface area contributed by atoms with Gasteiger partial charge in [0.2, 0.25) is 11.8 Å². The standard InChI is InChI=1S/C31H27ClF2N4O3/c1-18-35-15-21(16-36-18)20-10-19(11-23(13-20)41-2)12-29(39)38-17-22(33)14-28(38)31(40)37-27-9-5-7-25(30(27)34)24-6-3-4-8-26(24)32/h3-11,13,15-16,22,28H,12,14,17H2,1-2H3,(H,37,40)/t22-,28+/m1/s1. The average Bonchev–Trinajstić information content (AvgIpc) is 3.37. The molecule has 1 aromatic heterocycles. The molecule has 5 rings (SSSR count). The zero-order valence-electron chi connectivity index (χ0n) is 22.4. The quantitative estimate of drug-likeness (QED) is 0.290. The Morgan fingerprint density at radius 3 is 2.51 bits per heavy atom. The molecule has 1 N–H and O–H groups in total. The number of alkyl halides is 1. The van der Waals surface area contributed by atoms with Gasteiger partial charge in [0.05, 0.1) is 25.8 Å². The van der Waals surface area contributed by atoms with Crippen LogP contribution in [0.1, 0.15) is 17.8 Å². The fourth-order valence-corrected chi connectivity index (χ4v) is 5.14. The Balaban J connectivity index is 1.35. The summed E-state index contributed by atoms with van der Waals surface area (Å²) < 4.78 is 35.4. The molecule has 0 aliphatic carbocycles. The van der Waals surface area contributed by atoms with Crippen LogP contribution in [0.15, 0.2) is 73.1 Å². The molecule has 2 atom stereocenters. The van der Waals surface area contributed by atoms with Gasteiger partial charge in [0.15, 0.2) is 5.82 Å². The first kappa shape index (κ1) is 28.2. The zero-order chi connectivity index (χ0) is 29.1. The number of anilines is 1. The van der Waals surface area contributed by atoms with Crippen LogP contribution in [0.2, 0.25) is 5.02 Å². The maximum absolute atomic E-state index is 15.4. The third-order valence-electron chi connectivity index (χ3n) is 6.97. The maximum atomic E-state index is 15.4. The second kappa shape index (κ2) is 12.0. The van der Waals surface area contributed by atoms with Crippen LogP contribution in [0.5, 0.6) is 5.75 Å². The van der Waals surface area contributed by atoms with Crippen molar-refractivity contribution >= 4 is 29.1 Å². The van der Waals surface area contributed by atoms with Crippen molar-refractivity contribution in [3.05, 3.63) is 95.3 Å². The summed E-state index contributed by atoms with van der Waals surface area (Å²) in [5, 5.41) is 2.91. The fourth-order valence-electron chi connectivity index (χ4n) is 4.91. The summed E-state index contributed by atoms with van der Waals surface area (Å²) in [6, 6.07) is 15.6. The molecule has 0 radical (unpaired) electrons. The molecule has 210 valence electrons. The van der Waals surface area contributed by atoms with Gasteiger partial charge in [-0.25, -0.2) is 18.7 Å². The summed E-state index contributed by atoms with van der Waals surface area (Å²) in [5.41, 5.74) is 2.71. The van der Waals surface area contributed by atoms with Crippen molar-refractivity contribution in [2.24, 2.45) is 0 Å². The second-order valence-electron chi connectivity index (χ2n) is 9.80. The van der Waals surface area contributed by atoms with Gasteiger partial charge < -0.3 is 15.0 Å². The van der Waals surface area contributed by atoms with Gasteiger partial charge in [-0.1, -0.05) is 48.0 Å². The Hall–Kier alpha value is -4.37. The summed E-state index contributed by atoms with van der Waals surface area (Å²) in [6.45, 7) is 1.55. The van der Waals surface area contributed by atoms with E-state index in [2.05, 4.69) is 15.3 Å². The third-order valence-corrected chi connectivity index (χ3v) is 7.29. The number of carbonyl (C=O) groups is 2. The van der Waals surface area contributed by atoms with Crippen molar-refractivity contribution in [1.29, 1.82) is 0 Å². The molecule has 1 aliphatic rings. The first-order chi connectivity index (χ1) is 19.7. The number of ether oxygens (including phenoxy) is 1. The number of nitrogens with zero attached hydrogens (tertiary/aromatic N) is 3. The molecule has 7 nitrogen and oxygen atoms in total. The van der Waals surface area contributed by atoms with Crippen LogP contribution in [-0.2, 0) is 16.0 Å². The number of methoxy groups -OCH3 is 1. The number of hydrogen-bond acceptors (Lipinski definition) is 5. The topological polar surface area (TPSA) is 84.4 Å². The largest absolute Gasteiger partial charge is 0.497 e. The summed E-state index contributed by atoms with van der Waals surface area (Å²) in [7, 11) is 1.52. The number of nitrogens with one attached hydrogen (secondary N) is 1. The Bertz CT molecular complexity index is 1600. The number of aryl methyl sites for hydroxylation is 1.